The Balaban J connectivity index is 1.37. The Morgan fingerprint density at radius 2 is 2.12 bits per heavy atom. The zero-order valence-electron chi connectivity index (χ0n) is 14.9. The fourth-order valence-electron chi connectivity index (χ4n) is 4.46. The van der Waals surface area contributed by atoms with E-state index < -0.39 is 0 Å². The highest BCUT2D eigenvalue weighted by molar-refractivity contribution is 6.03. The van der Waals surface area contributed by atoms with E-state index in [0.29, 0.717) is 11.6 Å². The second-order valence-electron chi connectivity index (χ2n) is 7.30. The molecule has 2 aromatic rings. The number of nitrogens with one attached hydrogen (secondary N) is 1. The minimum absolute atomic E-state index is 0.268. The smallest absolute Gasteiger partial charge is 0.340 e. The standard InChI is InChI=1S/C20H27N3O2/c1-25-20(24)17-5-2-4-16-8-13-23(19(16)17)10-3-9-21-18-14-22-11-6-15(18)7-12-22/h2,4-5,8,13,15,18,21H,3,6-7,9-12,14H2,1H3/t18-/m0/s1. The maximum atomic E-state index is 12.0. The maximum Gasteiger partial charge on any atom is 0.340 e. The number of carbonyl (C=O) groups excluding carboxylic acids is 1. The number of nitrogens with zero attached hydrogens (tertiary/aromatic N) is 2. The zero-order valence-corrected chi connectivity index (χ0v) is 14.9. The Kier molecular flexibility index (Phi) is 4.77. The van der Waals surface area contributed by atoms with Gasteiger partial charge in [-0.05, 0) is 56.9 Å². The first-order valence-electron chi connectivity index (χ1n) is 9.38. The fourth-order valence-corrected chi connectivity index (χ4v) is 4.46. The molecule has 5 nitrogen and oxygen atoms in total. The molecule has 1 N–H and O–H groups in total. The predicted molar refractivity (Wildman–Crippen MR) is 98.8 cm³/mol. The number of methoxy groups -OCH3 is 1. The van der Waals surface area contributed by atoms with Gasteiger partial charge >= 0.3 is 5.97 Å². The fraction of sp³-hybridized carbons (Fsp3) is 0.550. The molecule has 0 spiro atoms. The van der Waals surface area contributed by atoms with Crippen molar-refractivity contribution in [1.29, 1.82) is 0 Å². The van der Waals surface area contributed by atoms with Crippen LogP contribution in [-0.4, -0.2) is 54.8 Å². The van der Waals surface area contributed by atoms with Crippen LogP contribution in [0.25, 0.3) is 10.9 Å². The summed E-state index contributed by atoms with van der Waals surface area (Å²) in [6, 6.07) is 8.53. The third-order valence-corrected chi connectivity index (χ3v) is 5.83. The largest absolute Gasteiger partial charge is 0.465 e. The van der Waals surface area contributed by atoms with Crippen molar-refractivity contribution < 1.29 is 9.53 Å². The number of benzene rings is 1. The summed E-state index contributed by atoms with van der Waals surface area (Å²) in [5.74, 6) is 0.597. The number of carbonyl (C=O) groups is 1. The van der Waals surface area contributed by atoms with Crippen LogP contribution in [-0.2, 0) is 11.3 Å². The van der Waals surface area contributed by atoms with Crippen LogP contribution in [0, 0.1) is 5.92 Å². The number of ether oxygens (including phenoxy) is 1. The van der Waals surface area contributed by atoms with E-state index in [4.69, 9.17) is 4.74 Å². The number of aryl methyl sites for hydroxylation is 1. The van der Waals surface area contributed by atoms with Crippen molar-refractivity contribution in [2.24, 2.45) is 5.92 Å². The number of hydrogen-bond acceptors (Lipinski definition) is 4. The molecule has 0 radical (unpaired) electrons. The Hall–Kier alpha value is -1.85. The van der Waals surface area contributed by atoms with Crippen LogP contribution in [0.1, 0.15) is 29.6 Å². The summed E-state index contributed by atoms with van der Waals surface area (Å²) < 4.78 is 7.11. The van der Waals surface area contributed by atoms with Gasteiger partial charge in [0.25, 0.3) is 0 Å². The number of piperidine rings is 3. The van der Waals surface area contributed by atoms with Gasteiger partial charge in [0.05, 0.1) is 18.2 Å². The van der Waals surface area contributed by atoms with Crippen LogP contribution < -0.4 is 5.32 Å². The summed E-state index contributed by atoms with van der Waals surface area (Å²) in [7, 11) is 1.44. The van der Waals surface area contributed by atoms with Crippen LogP contribution in [0.3, 0.4) is 0 Å². The Morgan fingerprint density at radius 3 is 2.84 bits per heavy atom. The van der Waals surface area contributed by atoms with Crippen molar-refractivity contribution in [3.8, 4) is 0 Å². The topological polar surface area (TPSA) is 46.5 Å². The van der Waals surface area contributed by atoms with Crippen molar-refractivity contribution >= 4 is 16.9 Å². The SMILES string of the molecule is COC(=O)c1cccc2ccn(CCCN[C@H]3CN4CCC3CC4)c12. The average molecular weight is 341 g/mol. The molecule has 5 heteroatoms. The normalized spacial score (nSPS) is 25.4. The lowest BCUT2D eigenvalue weighted by molar-refractivity contribution is 0.0602. The quantitative estimate of drug-likeness (QED) is 0.648. The molecule has 2 bridgehead atoms. The van der Waals surface area contributed by atoms with Gasteiger partial charge in [0.2, 0.25) is 0 Å². The average Bonchev–Trinajstić information content (AvgIpc) is 3.09. The molecule has 4 heterocycles. The minimum Gasteiger partial charge on any atom is -0.465 e. The van der Waals surface area contributed by atoms with Gasteiger partial charge in [0.1, 0.15) is 0 Å². The number of esters is 1. The highest BCUT2D eigenvalue weighted by atomic mass is 16.5. The van der Waals surface area contributed by atoms with Gasteiger partial charge < -0.3 is 19.5 Å². The van der Waals surface area contributed by atoms with Gasteiger partial charge in [-0.1, -0.05) is 12.1 Å². The number of aromatic nitrogens is 1. The second kappa shape index (κ2) is 7.18. The molecule has 0 aliphatic carbocycles. The summed E-state index contributed by atoms with van der Waals surface area (Å²) in [5, 5.41) is 4.86. The molecule has 5 rings (SSSR count). The Labute approximate surface area is 148 Å². The van der Waals surface area contributed by atoms with Gasteiger partial charge in [-0.15, -0.1) is 0 Å². The molecule has 1 atom stereocenters. The van der Waals surface area contributed by atoms with E-state index in [-0.39, 0.29) is 5.97 Å². The highest BCUT2D eigenvalue weighted by Gasteiger charge is 2.33. The van der Waals surface area contributed by atoms with Crippen molar-refractivity contribution in [3.05, 3.63) is 36.0 Å². The summed E-state index contributed by atoms with van der Waals surface area (Å²) in [6.45, 7) is 5.72. The van der Waals surface area contributed by atoms with Crippen LogP contribution in [0.4, 0.5) is 0 Å². The molecule has 0 saturated carbocycles. The van der Waals surface area contributed by atoms with E-state index in [2.05, 4.69) is 27.0 Å². The van der Waals surface area contributed by atoms with Gasteiger partial charge in [0, 0.05) is 30.7 Å². The van der Waals surface area contributed by atoms with Gasteiger partial charge in [-0.2, -0.15) is 0 Å². The molecule has 3 aliphatic heterocycles. The third-order valence-electron chi connectivity index (χ3n) is 5.83. The molecule has 0 amide bonds. The first-order valence-corrected chi connectivity index (χ1v) is 9.38. The third kappa shape index (κ3) is 3.31. The monoisotopic (exact) mass is 341 g/mol. The van der Waals surface area contributed by atoms with Crippen LogP contribution in [0.5, 0.6) is 0 Å². The predicted octanol–water partition coefficient (Wildman–Crippen LogP) is 2.50. The maximum absolute atomic E-state index is 12.0. The van der Waals surface area contributed by atoms with E-state index in [1.165, 1.54) is 39.6 Å². The van der Waals surface area contributed by atoms with E-state index in [0.717, 1.165) is 36.3 Å². The summed E-state index contributed by atoms with van der Waals surface area (Å²) in [5.41, 5.74) is 1.63. The van der Waals surface area contributed by atoms with Crippen LogP contribution in [0.2, 0.25) is 0 Å². The molecule has 3 fully saturated rings. The van der Waals surface area contributed by atoms with E-state index in [1.54, 1.807) is 0 Å². The second-order valence-corrected chi connectivity index (χ2v) is 7.30. The molecule has 134 valence electrons. The first-order chi connectivity index (χ1) is 12.3. The van der Waals surface area contributed by atoms with E-state index in [9.17, 15) is 4.79 Å². The van der Waals surface area contributed by atoms with Gasteiger partial charge in [0.15, 0.2) is 0 Å². The van der Waals surface area contributed by atoms with E-state index >= 15 is 0 Å². The lowest BCUT2D eigenvalue weighted by atomic mass is 9.84. The number of hydrogen-bond donors (Lipinski definition) is 1. The summed E-state index contributed by atoms with van der Waals surface area (Å²) in [6.07, 6.45) is 5.83. The number of fused-ring (bicyclic) bond motifs is 4. The van der Waals surface area contributed by atoms with Crippen molar-refractivity contribution in [2.45, 2.75) is 31.8 Å². The summed E-state index contributed by atoms with van der Waals surface area (Å²) >= 11 is 0. The van der Waals surface area contributed by atoms with Crippen molar-refractivity contribution in [3.63, 3.8) is 0 Å². The molecule has 3 saturated heterocycles. The molecular weight excluding hydrogens is 314 g/mol. The van der Waals surface area contributed by atoms with E-state index in [1.807, 2.05) is 18.2 Å². The van der Waals surface area contributed by atoms with Crippen LogP contribution >= 0.6 is 0 Å². The number of rotatable bonds is 6. The molecule has 3 aliphatic rings. The van der Waals surface area contributed by atoms with Gasteiger partial charge in [-0.3, -0.25) is 0 Å². The first kappa shape index (κ1) is 16.6. The molecule has 1 aromatic heterocycles. The number of para-hydroxylation sites is 1. The molecule has 1 aromatic carbocycles. The molecule has 0 unspecified atom stereocenters. The van der Waals surface area contributed by atoms with Crippen molar-refractivity contribution in [2.75, 3.05) is 33.3 Å². The van der Waals surface area contributed by atoms with Crippen LogP contribution in [0.15, 0.2) is 30.5 Å². The zero-order chi connectivity index (χ0) is 17.2. The molecule has 25 heavy (non-hydrogen) atoms. The van der Waals surface area contributed by atoms with Crippen molar-refractivity contribution in [1.82, 2.24) is 14.8 Å². The summed E-state index contributed by atoms with van der Waals surface area (Å²) in [4.78, 5) is 14.6. The Morgan fingerprint density at radius 1 is 1.28 bits per heavy atom. The Bertz CT molecular complexity index is 746. The lowest BCUT2D eigenvalue weighted by Crippen LogP contribution is -2.56. The molecular formula is C20H27N3O2. The van der Waals surface area contributed by atoms with Gasteiger partial charge in [-0.25, -0.2) is 4.79 Å². The highest BCUT2D eigenvalue weighted by Crippen LogP contribution is 2.27. The minimum atomic E-state index is -0.268. The lowest BCUT2D eigenvalue weighted by Gasteiger charge is -2.45.